The predicted molar refractivity (Wildman–Crippen MR) is 128 cm³/mol. The van der Waals surface area contributed by atoms with Crippen LogP contribution in [0.2, 0.25) is 0 Å². The number of nitrogens with zero attached hydrogens (tertiary/aromatic N) is 4. The first-order valence-electron chi connectivity index (χ1n) is 11.2. The van der Waals surface area contributed by atoms with Gasteiger partial charge in [-0.3, -0.25) is 9.78 Å². The van der Waals surface area contributed by atoms with Crippen molar-refractivity contribution < 1.29 is 9.90 Å². The van der Waals surface area contributed by atoms with Crippen molar-refractivity contribution in [3.63, 3.8) is 0 Å². The fraction of sp³-hybridized carbons (Fsp3) is 0.308. The Balaban J connectivity index is 1.49. The molecule has 2 N–H and O–H groups in total. The number of aromatic nitrogens is 3. The van der Waals surface area contributed by atoms with Crippen LogP contribution in [0.1, 0.15) is 37.0 Å². The van der Waals surface area contributed by atoms with Gasteiger partial charge in [0.05, 0.1) is 16.5 Å². The highest BCUT2D eigenvalue weighted by molar-refractivity contribution is 5.94. The van der Waals surface area contributed by atoms with E-state index in [0.29, 0.717) is 23.5 Å². The molecule has 1 amide bonds. The van der Waals surface area contributed by atoms with E-state index in [2.05, 4.69) is 41.2 Å². The van der Waals surface area contributed by atoms with E-state index in [9.17, 15) is 9.90 Å². The fourth-order valence-corrected chi connectivity index (χ4v) is 4.43. The van der Waals surface area contributed by atoms with Crippen molar-refractivity contribution in [2.45, 2.75) is 32.7 Å². The quantitative estimate of drug-likeness (QED) is 0.645. The van der Waals surface area contributed by atoms with Crippen LogP contribution in [0.15, 0.2) is 48.8 Å². The first kappa shape index (κ1) is 21.1. The summed E-state index contributed by atoms with van der Waals surface area (Å²) in [7, 11) is 0. The molecule has 5 rings (SSSR count). The molecule has 3 aromatic rings. The van der Waals surface area contributed by atoms with Gasteiger partial charge in [0.2, 0.25) is 0 Å². The molecule has 0 spiro atoms. The molecule has 3 heterocycles. The van der Waals surface area contributed by atoms with Gasteiger partial charge in [0.1, 0.15) is 11.6 Å². The lowest BCUT2D eigenvalue weighted by Crippen LogP contribution is -2.42. The van der Waals surface area contributed by atoms with Crippen molar-refractivity contribution >= 4 is 23.9 Å². The number of hydrogen-bond donors (Lipinski definition) is 2. The lowest BCUT2D eigenvalue weighted by atomic mass is 9.86. The summed E-state index contributed by atoms with van der Waals surface area (Å²) < 4.78 is 0. The molecule has 1 aliphatic carbocycles. The molecule has 1 fully saturated rings. The predicted octanol–water partition coefficient (Wildman–Crippen LogP) is 2.24. The largest absolute Gasteiger partial charge is 0.507 e. The van der Waals surface area contributed by atoms with Crippen molar-refractivity contribution in [3.05, 3.63) is 64.9 Å². The zero-order chi connectivity index (χ0) is 23.0. The molecule has 0 radical (unpaired) electrons. The van der Waals surface area contributed by atoms with Crippen LogP contribution in [0.25, 0.3) is 23.5 Å². The van der Waals surface area contributed by atoms with Crippen LogP contribution in [0, 0.1) is 5.41 Å². The Hall–Kier alpha value is -3.74. The Labute approximate surface area is 192 Å². The van der Waals surface area contributed by atoms with E-state index in [4.69, 9.17) is 9.97 Å². The van der Waals surface area contributed by atoms with Gasteiger partial charge >= 0.3 is 0 Å². The van der Waals surface area contributed by atoms with Gasteiger partial charge in [-0.25, -0.2) is 9.97 Å². The molecule has 2 aliphatic rings. The number of aromatic hydroxyl groups is 1. The van der Waals surface area contributed by atoms with Gasteiger partial charge in [-0.15, -0.1) is 0 Å². The normalized spacial score (nSPS) is 18.7. The Kier molecular flexibility index (Phi) is 5.32. The minimum Gasteiger partial charge on any atom is -0.507 e. The first-order valence-corrected chi connectivity index (χ1v) is 11.2. The summed E-state index contributed by atoms with van der Waals surface area (Å²) in [5, 5.41) is 15.4. The van der Waals surface area contributed by atoms with Gasteiger partial charge in [0, 0.05) is 36.7 Å². The molecule has 2 aromatic heterocycles. The molecule has 33 heavy (non-hydrogen) atoms. The molecule has 0 saturated carbocycles. The highest BCUT2D eigenvalue weighted by atomic mass is 16.3. The summed E-state index contributed by atoms with van der Waals surface area (Å²) in [6.45, 7) is 5.81. The number of phenols is 1. The van der Waals surface area contributed by atoms with Crippen LogP contribution in [0.5, 0.6) is 5.75 Å². The number of rotatable bonds is 4. The van der Waals surface area contributed by atoms with E-state index >= 15 is 0 Å². The number of fused-ring (bicyclic) bond motifs is 1. The number of phenolic OH excluding ortho intramolecular Hbond substituents is 1. The maximum Gasteiger partial charge on any atom is 0.253 e. The number of carbonyl (C=O) groups excluding carboxylic acids is 1. The number of nitrogens with one attached hydrogen (secondary N) is 1. The molecule has 1 aliphatic heterocycles. The SMILES string of the molecule is CC1(C)C=c2nc(-c3ccccc3O)nc(N3CC[C@@H](NC(=O)c4cccnc4)C3)c2=CC1. The fourth-order valence-electron chi connectivity index (χ4n) is 4.43. The summed E-state index contributed by atoms with van der Waals surface area (Å²) in [6.07, 6.45) is 9.36. The Bertz CT molecular complexity index is 1320. The number of hydrogen-bond acceptors (Lipinski definition) is 6. The summed E-state index contributed by atoms with van der Waals surface area (Å²) >= 11 is 0. The zero-order valence-electron chi connectivity index (χ0n) is 18.8. The van der Waals surface area contributed by atoms with E-state index in [1.807, 2.05) is 12.1 Å². The Morgan fingerprint density at radius 2 is 2.03 bits per heavy atom. The van der Waals surface area contributed by atoms with Crippen LogP contribution >= 0.6 is 0 Å². The van der Waals surface area contributed by atoms with Gasteiger partial charge in [0.15, 0.2) is 5.82 Å². The van der Waals surface area contributed by atoms with E-state index in [0.717, 1.165) is 35.8 Å². The number of para-hydroxylation sites is 1. The zero-order valence-corrected chi connectivity index (χ0v) is 18.8. The smallest absolute Gasteiger partial charge is 0.253 e. The van der Waals surface area contributed by atoms with Crippen molar-refractivity contribution in [2.24, 2.45) is 5.41 Å². The van der Waals surface area contributed by atoms with Crippen molar-refractivity contribution in [3.8, 4) is 17.1 Å². The molecule has 168 valence electrons. The molecule has 1 atom stereocenters. The molecular formula is C26H27N5O2. The second-order valence-electron chi connectivity index (χ2n) is 9.37. The van der Waals surface area contributed by atoms with Gasteiger partial charge in [0.25, 0.3) is 5.91 Å². The van der Waals surface area contributed by atoms with E-state index < -0.39 is 0 Å². The van der Waals surface area contributed by atoms with Crippen molar-refractivity contribution in [2.75, 3.05) is 18.0 Å². The summed E-state index contributed by atoms with van der Waals surface area (Å²) in [5.41, 5.74) is 1.17. The van der Waals surface area contributed by atoms with Crippen LogP contribution in [0.3, 0.4) is 0 Å². The highest BCUT2D eigenvalue weighted by Crippen LogP contribution is 2.28. The van der Waals surface area contributed by atoms with Crippen LogP contribution in [0.4, 0.5) is 5.82 Å². The third kappa shape index (κ3) is 4.31. The molecule has 0 unspecified atom stereocenters. The Morgan fingerprint density at radius 3 is 2.82 bits per heavy atom. The maximum atomic E-state index is 12.6. The average Bonchev–Trinajstić information content (AvgIpc) is 3.26. The number of amides is 1. The average molecular weight is 442 g/mol. The standard InChI is InChI=1S/C26H27N5O2/c1-26(2)11-9-19-21(14-26)29-23(20-7-3-4-8-22(20)32)30-24(19)31-13-10-18(16-31)28-25(33)17-6-5-12-27-15-17/h3-9,12,14-15,18,32H,10-11,13,16H2,1-2H3,(H,28,33)/t18-/m1/s1. The molecule has 0 bridgehead atoms. The van der Waals surface area contributed by atoms with Crippen molar-refractivity contribution in [1.82, 2.24) is 20.3 Å². The molecule has 1 saturated heterocycles. The van der Waals surface area contributed by atoms with Gasteiger partial charge in [-0.2, -0.15) is 0 Å². The van der Waals surface area contributed by atoms with Crippen LogP contribution in [-0.2, 0) is 0 Å². The lowest BCUT2D eigenvalue weighted by Gasteiger charge is -2.24. The summed E-state index contributed by atoms with van der Waals surface area (Å²) in [4.78, 5) is 28.5. The van der Waals surface area contributed by atoms with Crippen molar-refractivity contribution in [1.29, 1.82) is 0 Å². The second kappa shape index (κ2) is 8.31. The second-order valence-corrected chi connectivity index (χ2v) is 9.37. The third-order valence-corrected chi connectivity index (χ3v) is 6.21. The van der Waals surface area contributed by atoms with Gasteiger partial charge in [-0.1, -0.05) is 38.1 Å². The molecular weight excluding hydrogens is 414 g/mol. The topological polar surface area (TPSA) is 91.2 Å². The first-order chi connectivity index (χ1) is 15.9. The number of anilines is 1. The number of pyridine rings is 1. The number of carbonyl (C=O) groups is 1. The molecule has 7 nitrogen and oxygen atoms in total. The van der Waals surface area contributed by atoms with Crippen LogP contribution < -0.4 is 20.8 Å². The van der Waals surface area contributed by atoms with Gasteiger partial charge < -0.3 is 15.3 Å². The molecule has 1 aromatic carbocycles. The third-order valence-electron chi connectivity index (χ3n) is 6.21. The van der Waals surface area contributed by atoms with E-state index in [1.165, 1.54) is 0 Å². The summed E-state index contributed by atoms with van der Waals surface area (Å²) in [6, 6.07) is 10.7. The maximum absolute atomic E-state index is 12.6. The number of benzene rings is 1. The summed E-state index contributed by atoms with van der Waals surface area (Å²) in [5.74, 6) is 1.40. The van der Waals surface area contributed by atoms with E-state index in [-0.39, 0.29) is 23.1 Å². The monoisotopic (exact) mass is 441 g/mol. The minimum absolute atomic E-state index is 0.000135. The molecule has 7 heteroatoms. The van der Waals surface area contributed by atoms with Crippen LogP contribution in [-0.4, -0.2) is 45.1 Å². The van der Waals surface area contributed by atoms with Gasteiger partial charge in [-0.05, 0) is 42.5 Å². The minimum atomic E-state index is -0.115. The highest BCUT2D eigenvalue weighted by Gasteiger charge is 2.28. The Morgan fingerprint density at radius 1 is 1.18 bits per heavy atom. The van der Waals surface area contributed by atoms with E-state index in [1.54, 1.807) is 36.7 Å². The lowest BCUT2D eigenvalue weighted by molar-refractivity contribution is 0.0940.